The van der Waals surface area contributed by atoms with E-state index in [1.165, 1.54) is 11.3 Å². The van der Waals surface area contributed by atoms with Crippen LogP contribution >= 0.6 is 27.3 Å². The van der Waals surface area contributed by atoms with Crippen LogP contribution in [0.1, 0.15) is 9.67 Å². The number of carbonyl (C=O) groups excluding carboxylic acids is 1. The van der Waals surface area contributed by atoms with Gasteiger partial charge in [0.2, 0.25) is 0 Å². The largest absolute Gasteiger partial charge is 0.361 e. The summed E-state index contributed by atoms with van der Waals surface area (Å²) in [5.74, 6) is -0.0828. The summed E-state index contributed by atoms with van der Waals surface area (Å²) in [4.78, 5) is 15.8. The van der Waals surface area contributed by atoms with Crippen molar-refractivity contribution in [2.45, 2.75) is 0 Å². The van der Waals surface area contributed by atoms with Crippen molar-refractivity contribution in [1.82, 2.24) is 4.98 Å². The third-order valence-corrected chi connectivity index (χ3v) is 4.23. The van der Waals surface area contributed by atoms with Crippen LogP contribution in [0.15, 0.2) is 46.4 Å². The molecule has 0 aliphatic heterocycles. The quantitative estimate of drug-likeness (QED) is 0.728. The van der Waals surface area contributed by atoms with Crippen molar-refractivity contribution < 1.29 is 4.79 Å². The van der Waals surface area contributed by atoms with Crippen molar-refractivity contribution in [2.24, 2.45) is 0 Å². The average molecular weight is 321 g/mol. The summed E-state index contributed by atoms with van der Waals surface area (Å²) < 4.78 is 0.953. The Morgan fingerprint density at radius 1 is 1.22 bits per heavy atom. The van der Waals surface area contributed by atoms with Gasteiger partial charge in [-0.25, -0.2) is 0 Å². The maximum absolute atomic E-state index is 12.0. The van der Waals surface area contributed by atoms with Crippen molar-refractivity contribution in [3.05, 3.63) is 51.3 Å². The Kier molecular flexibility index (Phi) is 2.93. The van der Waals surface area contributed by atoms with Crippen LogP contribution in [-0.4, -0.2) is 10.9 Å². The number of anilines is 1. The number of hydrogen-bond acceptors (Lipinski definition) is 2. The molecule has 0 saturated carbocycles. The van der Waals surface area contributed by atoms with Crippen LogP contribution in [0.5, 0.6) is 0 Å². The molecule has 0 fully saturated rings. The molecule has 0 radical (unpaired) electrons. The van der Waals surface area contributed by atoms with E-state index in [0.717, 1.165) is 20.4 Å². The number of rotatable bonds is 2. The summed E-state index contributed by atoms with van der Waals surface area (Å²) in [5.41, 5.74) is 1.86. The van der Waals surface area contributed by atoms with Gasteiger partial charge in [0.05, 0.1) is 8.66 Å². The first-order chi connectivity index (χ1) is 8.72. The molecule has 0 aliphatic carbocycles. The summed E-state index contributed by atoms with van der Waals surface area (Å²) in [6, 6.07) is 11.4. The standard InChI is InChI=1S/C13H9BrN2OS/c14-12-4-3-11(18-12)13(17)16-9-1-2-10-8(7-9)5-6-15-10/h1-7,15H,(H,16,17). The lowest BCUT2D eigenvalue weighted by Gasteiger charge is -2.03. The van der Waals surface area contributed by atoms with Crippen molar-refractivity contribution in [2.75, 3.05) is 5.32 Å². The number of thiophene rings is 1. The number of aromatic amines is 1. The van der Waals surface area contributed by atoms with Crippen molar-refractivity contribution in [3.8, 4) is 0 Å². The van der Waals surface area contributed by atoms with Gasteiger partial charge in [0.25, 0.3) is 5.91 Å². The molecule has 0 aliphatic rings. The smallest absolute Gasteiger partial charge is 0.265 e. The molecule has 0 atom stereocenters. The predicted octanol–water partition coefficient (Wildman–Crippen LogP) is 4.24. The number of H-pyrrole nitrogens is 1. The van der Waals surface area contributed by atoms with Crippen LogP contribution in [0.2, 0.25) is 0 Å². The third-order valence-electron chi connectivity index (χ3n) is 2.61. The lowest BCUT2D eigenvalue weighted by Crippen LogP contribution is -2.09. The highest BCUT2D eigenvalue weighted by Crippen LogP contribution is 2.24. The molecular formula is C13H9BrN2OS. The van der Waals surface area contributed by atoms with Gasteiger partial charge in [-0.15, -0.1) is 11.3 Å². The third kappa shape index (κ3) is 2.19. The zero-order valence-electron chi connectivity index (χ0n) is 9.24. The van der Waals surface area contributed by atoms with Crippen LogP contribution in [0.25, 0.3) is 10.9 Å². The minimum Gasteiger partial charge on any atom is -0.361 e. The van der Waals surface area contributed by atoms with Crippen LogP contribution in [0.3, 0.4) is 0 Å². The highest BCUT2D eigenvalue weighted by molar-refractivity contribution is 9.11. The molecule has 18 heavy (non-hydrogen) atoms. The monoisotopic (exact) mass is 320 g/mol. The average Bonchev–Trinajstić information content (AvgIpc) is 2.96. The molecule has 0 saturated heterocycles. The molecule has 2 aromatic heterocycles. The van der Waals surface area contributed by atoms with E-state index in [1.54, 1.807) is 6.07 Å². The molecule has 1 aromatic carbocycles. The van der Waals surface area contributed by atoms with E-state index in [-0.39, 0.29) is 5.91 Å². The van der Waals surface area contributed by atoms with E-state index in [2.05, 4.69) is 26.2 Å². The van der Waals surface area contributed by atoms with Gasteiger partial charge in [0.1, 0.15) is 0 Å². The van der Waals surface area contributed by atoms with Crippen molar-refractivity contribution >= 4 is 49.8 Å². The SMILES string of the molecule is O=C(Nc1ccc2[nH]ccc2c1)c1ccc(Br)s1. The molecular weight excluding hydrogens is 312 g/mol. The first-order valence-corrected chi connectivity index (χ1v) is 6.97. The molecule has 5 heteroatoms. The molecule has 1 amide bonds. The van der Waals surface area contributed by atoms with Gasteiger partial charge in [0.15, 0.2) is 0 Å². The molecule has 0 spiro atoms. The number of fused-ring (bicyclic) bond motifs is 1. The van der Waals surface area contributed by atoms with Gasteiger partial charge in [-0.2, -0.15) is 0 Å². The predicted molar refractivity (Wildman–Crippen MR) is 78.3 cm³/mol. The number of carbonyl (C=O) groups is 1. The Balaban J connectivity index is 1.85. The zero-order valence-corrected chi connectivity index (χ0v) is 11.6. The van der Waals surface area contributed by atoms with Gasteiger partial charge in [-0.05, 0) is 52.3 Å². The Bertz CT molecular complexity index is 716. The molecule has 3 aromatic rings. The van der Waals surface area contributed by atoms with E-state index < -0.39 is 0 Å². The highest BCUT2D eigenvalue weighted by atomic mass is 79.9. The maximum atomic E-state index is 12.0. The molecule has 3 rings (SSSR count). The molecule has 0 unspecified atom stereocenters. The Hall–Kier alpha value is -1.59. The normalized spacial score (nSPS) is 10.7. The number of amides is 1. The Labute approximate surface area is 116 Å². The fourth-order valence-electron chi connectivity index (χ4n) is 1.76. The summed E-state index contributed by atoms with van der Waals surface area (Å²) in [6.07, 6.45) is 1.88. The van der Waals surface area contributed by atoms with E-state index in [0.29, 0.717) is 4.88 Å². The van der Waals surface area contributed by atoms with E-state index >= 15 is 0 Å². The Morgan fingerprint density at radius 2 is 2.11 bits per heavy atom. The van der Waals surface area contributed by atoms with Gasteiger partial charge in [0, 0.05) is 22.8 Å². The van der Waals surface area contributed by atoms with E-state index in [9.17, 15) is 4.79 Å². The van der Waals surface area contributed by atoms with Gasteiger partial charge >= 0.3 is 0 Å². The molecule has 3 nitrogen and oxygen atoms in total. The Morgan fingerprint density at radius 3 is 2.89 bits per heavy atom. The van der Waals surface area contributed by atoms with Crippen LogP contribution < -0.4 is 5.32 Å². The first-order valence-electron chi connectivity index (χ1n) is 5.36. The van der Waals surface area contributed by atoms with E-state index in [1.807, 2.05) is 36.5 Å². The summed E-state index contributed by atoms with van der Waals surface area (Å²) in [6.45, 7) is 0. The van der Waals surface area contributed by atoms with Crippen molar-refractivity contribution in [3.63, 3.8) is 0 Å². The molecule has 90 valence electrons. The van der Waals surface area contributed by atoms with Gasteiger partial charge in [-0.3, -0.25) is 4.79 Å². The number of hydrogen-bond donors (Lipinski definition) is 2. The highest BCUT2D eigenvalue weighted by Gasteiger charge is 2.09. The number of halogens is 1. The lowest BCUT2D eigenvalue weighted by molar-refractivity contribution is 0.103. The number of aromatic nitrogens is 1. The molecule has 2 heterocycles. The second-order valence-corrected chi connectivity index (χ2v) is 6.30. The van der Waals surface area contributed by atoms with Crippen LogP contribution in [-0.2, 0) is 0 Å². The fraction of sp³-hybridized carbons (Fsp3) is 0. The van der Waals surface area contributed by atoms with Gasteiger partial charge in [-0.1, -0.05) is 0 Å². The second-order valence-electron chi connectivity index (χ2n) is 3.84. The zero-order chi connectivity index (χ0) is 12.5. The van der Waals surface area contributed by atoms with E-state index in [4.69, 9.17) is 0 Å². The first kappa shape index (κ1) is 11.5. The molecule has 0 bridgehead atoms. The summed E-state index contributed by atoms with van der Waals surface area (Å²) >= 11 is 4.77. The second kappa shape index (κ2) is 4.59. The fourth-order valence-corrected chi connectivity index (χ4v) is 3.04. The minimum atomic E-state index is -0.0828. The number of nitrogens with one attached hydrogen (secondary N) is 2. The minimum absolute atomic E-state index is 0.0828. The van der Waals surface area contributed by atoms with Crippen molar-refractivity contribution in [1.29, 1.82) is 0 Å². The lowest BCUT2D eigenvalue weighted by atomic mass is 10.2. The van der Waals surface area contributed by atoms with Crippen LogP contribution in [0, 0.1) is 0 Å². The maximum Gasteiger partial charge on any atom is 0.265 e. The summed E-state index contributed by atoms with van der Waals surface area (Å²) in [5, 5.41) is 3.97. The molecule has 2 N–H and O–H groups in total. The van der Waals surface area contributed by atoms with Gasteiger partial charge < -0.3 is 10.3 Å². The number of benzene rings is 1. The van der Waals surface area contributed by atoms with Crippen LogP contribution in [0.4, 0.5) is 5.69 Å². The summed E-state index contributed by atoms with van der Waals surface area (Å²) in [7, 11) is 0. The topological polar surface area (TPSA) is 44.9 Å².